The fraction of sp³-hybridized carbons (Fsp3) is 0.214. The summed E-state index contributed by atoms with van der Waals surface area (Å²) in [5, 5.41) is 5.11. The molecule has 19 heavy (non-hydrogen) atoms. The molecular weight excluding hydrogens is 324 g/mol. The highest BCUT2D eigenvalue weighted by molar-refractivity contribution is 9.10. The molecule has 96 valence electrons. The molecule has 1 atom stereocenters. The second-order valence-electron chi connectivity index (χ2n) is 4.80. The lowest BCUT2D eigenvalue weighted by Gasteiger charge is -2.41. The third-order valence-electron chi connectivity index (χ3n) is 3.74. The summed E-state index contributed by atoms with van der Waals surface area (Å²) in [5.41, 5.74) is 3.18. The normalized spacial score (nSPS) is 20.4. The summed E-state index contributed by atoms with van der Waals surface area (Å²) < 4.78 is 0.984. The van der Waals surface area contributed by atoms with Crippen LogP contribution in [0.3, 0.4) is 0 Å². The fourth-order valence-corrected chi connectivity index (χ4v) is 4.18. The van der Waals surface area contributed by atoms with Crippen molar-refractivity contribution in [3.8, 4) is 0 Å². The zero-order valence-electron chi connectivity index (χ0n) is 10.0. The van der Waals surface area contributed by atoms with Gasteiger partial charge in [0.15, 0.2) is 0 Å². The van der Waals surface area contributed by atoms with Crippen molar-refractivity contribution in [3.63, 3.8) is 0 Å². The van der Waals surface area contributed by atoms with Crippen LogP contribution in [0.5, 0.6) is 0 Å². The number of thiophene rings is 1. The first-order valence-electron chi connectivity index (χ1n) is 6.17. The molecule has 0 saturated heterocycles. The van der Waals surface area contributed by atoms with Crippen molar-refractivity contribution < 1.29 is 4.79 Å². The molecule has 1 aromatic carbocycles. The van der Waals surface area contributed by atoms with Gasteiger partial charge in [-0.15, -0.1) is 11.3 Å². The van der Waals surface area contributed by atoms with Gasteiger partial charge in [0.2, 0.25) is 0 Å². The minimum atomic E-state index is -0.163. The van der Waals surface area contributed by atoms with E-state index >= 15 is 0 Å². The van der Waals surface area contributed by atoms with E-state index in [1.165, 1.54) is 10.4 Å². The van der Waals surface area contributed by atoms with Crippen molar-refractivity contribution in [1.82, 2.24) is 0 Å². The number of carbonyl (C=O) groups excluding carboxylic acids is 1. The maximum absolute atomic E-state index is 12.4. The Kier molecular flexibility index (Phi) is 2.47. The number of anilines is 2. The number of hydrogen-bond acceptors (Lipinski definition) is 3. The zero-order chi connectivity index (χ0) is 13.0. The molecule has 0 radical (unpaired) electrons. The van der Waals surface area contributed by atoms with Crippen molar-refractivity contribution in [2.24, 2.45) is 0 Å². The lowest BCUT2D eigenvalue weighted by molar-refractivity contribution is -0.117. The quantitative estimate of drug-likeness (QED) is 0.798. The molecule has 0 fully saturated rings. The zero-order valence-corrected chi connectivity index (χ0v) is 12.4. The molecule has 3 nitrogen and oxygen atoms in total. The number of halogens is 1. The van der Waals surface area contributed by atoms with E-state index in [4.69, 9.17) is 0 Å². The number of nitrogens with zero attached hydrogens (tertiary/aromatic N) is 1. The van der Waals surface area contributed by atoms with Crippen LogP contribution < -0.4 is 10.2 Å². The van der Waals surface area contributed by atoms with E-state index in [0.717, 1.165) is 28.8 Å². The molecule has 1 amide bonds. The predicted molar refractivity (Wildman–Crippen MR) is 80.9 cm³/mol. The Morgan fingerprint density at radius 3 is 3.16 bits per heavy atom. The van der Waals surface area contributed by atoms with Gasteiger partial charge in [-0.3, -0.25) is 4.79 Å². The Balaban J connectivity index is 1.88. The van der Waals surface area contributed by atoms with Gasteiger partial charge in [-0.1, -0.05) is 15.9 Å². The monoisotopic (exact) mass is 334 g/mol. The van der Waals surface area contributed by atoms with Crippen LogP contribution in [-0.2, 0) is 11.2 Å². The van der Waals surface area contributed by atoms with Gasteiger partial charge >= 0.3 is 0 Å². The number of benzene rings is 1. The first-order valence-corrected chi connectivity index (χ1v) is 7.84. The minimum Gasteiger partial charge on any atom is -0.354 e. The second-order valence-corrected chi connectivity index (χ2v) is 6.71. The summed E-state index contributed by atoms with van der Waals surface area (Å²) >= 11 is 5.20. The number of amides is 1. The van der Waals surface area contributed by atoms with E-state index < -0.39 is 0 Å². The van der Waals surface area contributed by atoms with Gasteiger partial charge in [0, 0.05) is 15.9 Å². The molecule has 0 bridgehead atoms. The second kappa shape index (κ2) is 4.08. The molecule has 2 aromatic rings. The Morgan fingerprint density at radius 2 is 2.26 bits per heavy atom. The highest BCUT2D eigenvalue weighted by Gasteiger charge is 2.38. The van der Waals surface area contributed by atoms with Gasteiger partial charge in [0.1, 0.15) is 6.04 Å². The van der Waals surface area contributed by atoms with Crippen LogP contribution in [0.15, 0.2) is 34.1 Å². The van der Waals surface area contributed by atoms with Crippen LogP contribution in [0, 0.1) is 0 Å². The van der Waals surface area contributed by atoms with Crippen molar-refractivity contribution in [2.75, 3.05) is 16.8 Å². The topological polar surface area (TPSA) is 32.3 Å². The fourth-order valence-electron chi connectivity index (χ4n) is 2.92. The molecule has 3 heterocycles. The number of rotatable bonds is 0. The summed E-state index contributed by atoms with van der Waals surface area (Å²) in [5.74, 6) is 0.0740. The van der Waals surface area contributed by atoms with Crippen molar-refractivity contribution in [1.29, 1.82) is 0 Å². The van der Waals surface area contributed by atoms with Crippen molar-refractivity contribution in [2.45, 2.75) is 12.5 Å². The number of carbonyl (C=O) groups is 1. The number of hydrogen-bond donors (Lipinski definition) is 1. The van der Waals surface area contributed by atoms with Gasteiger partial charge in [0.25, 0.3) is 5.91 Å². The summed E-state index contributed by atoms with van der Waals surface area (Å²) in [6, 6.07) is 7.98. The van der Waals surface area contributed by atoms with Crippen LogP contribution in [-0.4, -0.2) is 12.5 Å². The van der Waals surface area contributed by atoms with Crippen LogP contribution >= 0.6 is 27.3 Å². The molecule has 1 N–H and O–H groups in total. The number of nitrogens with one attached hydrogen (secondary N) is 1. The Hall–Kier alpha value is -1.33. The first-order chi connectivity index (χ1) is 9.24. The van der Waals surface area contributed by atoms with Crippen LogP contribution in [0.25, 0.3) is 0 Å². The molecule has 1 aromatic heterocycles. The molecule has 0 spiro atoms. The van der Waals surface area contributed by atoms with Gasteiger partial charge in [0.05, 0.1) is 11.4 Å². The molecule has 5 heteroatoms. The molecule has 0 aliphatic carbocycles. The summed E-state index contributed by atoms with van der Waals surface area (Å²) in [7, 11) is 0. The minimum absolute atomic E-state index is 0.0740. The standard InChI is InChI=1S/C14H11BrN2OS/c15-8-1-2-11-10(7-8)16-14(18)13-9-4-6-19-12(9)3-5-17(11)13/h1-2,4,6-7,13H,3,5H2,(H,16,18). The maximum atomic E-state index is 12.4. The van der Waals surface area contributed by atoms with Gasteiger partial charge in [-0.25, -0.2) is 0 Å². The highest BCUT2D eigenvalue weighted by Crippen LogP contribution is 2.43. The number of fused-ring (bicyclic) bond motifs is 5. The van der Waals surface area contributed by atoms with E-state index in [2.05, 4.69) is 43.7 Å². The van der Waals surface area contributed by atoms with E-state index in [1.807, 2.05) is 12.1 Å². The van der Waals surface area contributed by atoms with Crippen molar-refractivity contribution >= 4 is 44.5 Å². The molecule has 4 rings (SSSR count). The van der Waals surface area contributed by atoms with Gasteiger partial charge < -0.3 is 10.2 Å². The summed E-state index contributed by atoms with van der Waals surface area (Å²) in [6.07, 6.45) is 1.02. The van der Waals surface area contributed by atoms with Gasteiger partial charge in [-0.2, -0.15) is 0 Å². The smallest absolute Gasteiger partial charge is 0.251 e. The van der Waals surface area contributed by atoms with Gasteiger partial charge in [-0.05, 0) is 41.6 Å². The molecular formula is C14H11BrN2OS. The maximum Gasteiger partial charge on any atom is 0.251 e. The first kappa shape index (κ1) is 11.5. The summed E-state index contributed by atoms with van der Waals surface area (Å²) in [4.78, 5) is 16.0. The van der Waals surface area contributed by atoms with Crippen LogP contribution in [0.4, 0.5) is 11.4 Å². The van der Waals surface area contributed by atoms with Crippen molar-refractivity contribution in [3.05, 3.63) is 44.6 Å². The Bertz CT molecular complexity index is 682. The lowest BCUT2D eigenvalue weighted by Crippen LogP contribution is -2.45. The largest absolute Gasteiger partial charge is 0.354 e. The van der Waals surface area contributed by atoms with Crippen LogP contribution in [0.2, 0.25) is 0 Å². The van der Waals surface area contributed by atoms with E-state index in [0.29, 0.717) is 0 Å². The molecule has 2 aliphatic heterocycles. The molecule has 0 saturated carbocycles. The SMILES string of the molecule is O=C1Nc2cc(Br)ccc2N2CCc3sccc3C12. The Labute approximate surface area is 123 Å². The average Bonchev–Trinajstić information content (AvgIpc) is 2.86. The average molecular weight is 335 g/mol. The third kappa shape index (κ3) is 1.65. The van der Waals surface area contributed by atoms with Crippen LogP contribution in [0.1, 0.15) is 16.5 Å². The summed E-state index contributed by atoms with van der Waals surface area (Å²) in [6.45, 7) is 0.903. The molecule has 1 unspecified atom stereocenters. The predicted octanol–water partition coefficient (Wildman–Crippen LogP) is 3.57. The van der Waals surface area contributed by atoms with E-state index in [9.17, 15) is 4.79 Å². The lowest BCUT2D eigenvalue weighted by atomic mass is 9.96. The van der Waals surface area contributed by atoms with E-state index in [1.54, 1.807) is 11.3 Å². The highest BCUT2D eigenvalue weighted by atomic mass is 79.9. The van der Waals surface area contributed by atoms with E-state index in [-0.39, 0.29) is 11.9 Å². The third-order valence-corrected chi connectivity index (χ3v) is 5.23. The molecule has 2 aliphatic rings. The Morgan fingerprint density at radius 1 is 1.37 bits per heavy atom.